The van der Waals surface area contributed by atoms with E-state index in [1.165, 1.54) is 22.3 Å². The number of allylic oxidation sites excluding steroid dienone is 1. The van der Waals surface area contributed by atoms with Crippen LogP contribution >= 0.6 is 11.8 Å². The molecule has 1 aromatic heterocycles. The zero-order chi connectivity index (χ0) is 26.0. The van der Waals surface area contributed by atoms with Gasteiger partial charge in [-0.25, -0.2) is 9.97 Å². The number of nitrogens with zero attached hydrogens (tertiary/aromatic N) is 2. The molecule has 0 unspecified atom stereocenters. The maximum atomic E-state index is 4.66. The molecule has 3 aromatic carbocycles. The van der Waals surface area contributed by atoms with Crippen molar-refractivity contribution in [1.82, 2.24) is 9.97 Å². The van der Waals surface area contributed by atoms with E-state index in [0.717, 1.165) is 63.7 Å². The van der Waals surface area contributed by atoms with Crippen molar-refractivity contribution in [3.8, 4) is 0 Å². The first-order chi connectivity index (χ1) is 17.8. The summed E-state index contributed by atoms with van der Waals surface area (Å²) in [4.78, 5) is 10.4. The van der Waals surface area contributed by atoms with Gasteiger partial charge in [0.05, 0.1) is 5.52 Å². The molecule has 0 amide bonds. The van der Waals surface area contributed by atoms with Crippen LogP contribution in [0.5, 0.6) is 0 Å². The molecule has 1 heterocycles. The third-order valence-corrected chi connectivity index (χ3v) is 7.86. The normalized spacial score (nSPS) is 13.1. The molecule has 0 bridgehead atoms. The quantitative estimate of drug-likeness (QED) is 0.233. The largest absolute Gasteiger partial charge is 0.342 e. The molecule has 0 radical (unpaired) electrons. The van der Waals surface area contributed by atoms with E-state index in [1.807, 2.05) is 0 Å². The average Bonchev–Trinajstić information content (AvgIpc) is 3.73. The van der Waals surface area contributed by atoms with E-state index < -0.39 is 0 Å². The van der Waals surface area contributed by atoms with Crippen LogP contribution in [0, 0.1) is 0 Å². The van der Waals surface area contributed by atoms with E-state index in [9.17, 15) is 0 Å². The summed E-state index contributed by atoms with van der Waals surface area (Å²) in [5.41, 5.74) is 8.82. The Kier molecular flexibility index (Phi) is 7.25. The highest BCUT2D eigenvalue weighted by atomic mass is 32.2. The molecule has 0 spiro atoms. The van der Waals surface area contributed by atoms with Crippen LogP contribution in [0.2, 0.25) is 0 Å². The molecule has 0 atom stereocenters. The molecule has 1 saturated carbocycles. The first kappa shape index (κ1) is 25.3. The lowest BCUT2D eigenvalue weighted by Gasteiger charge is -2.21. The fourth-order valence-electron chi connectivity index (χ4n) is 4.53. The molecule has 190 valence electrons. The van der Waals surface area contributed by atoms with Crippen molar-refractivity contribution in [3.63, 3.8) is 0 Å². The second-order valence-corrected chi connectivity index (χ2v) is 11.8. The topological polar surface area (TPSA) is 49.8 Å². The van der Waals surface area contributed by atoms with E-state index in [1.54, 1.807) is 18.1 Å². The number of anilines is 2. The third kappa shape index (κ3) is 5.99. The number of benzene rings is 3. The SMILES string of the molecule is CCc1cc2ncnc(Sc3cccc(NC(Nc4cccc(C(C)(C)C)c4)=C4CC4)c3)c2cc1CC. The smallest absolute Gasteiger partial charge is 0.117 e. The number of fused-ring (bicyclic) bond motifs is 1. The van der Waals surface area contributed by atoms with Crippen LogP contribution in [-0.4, -0.2) is 9.97 Å². The van der Waals surface area contributed by atoms with Gasteiger partial charge in [0.1, 0.15) is 17.2 Å². The molecule has 4 nitrogen and oxygen atoms in total. The van der Waals surface area contributed by atoms with Gasteiger partial charge in [-0.05, 0) is 95.8 Å². The van der Waals surface area contributed by atoms with Crippen molar-refractivity contribution in [3.05, 3.63) is 95.1 Å². The number of hydrogen-bond donors (Lipinski definition) is 2. The van der Waals surface area contributed by atoms with Gasteiger partial charge in [-0.15, -0.1) is 0 Å². The molecule has 5 rings (SSSR count). The second kappa shape index (κ2) is 10.6. The Balaban J connectivity index is 1.38. The highest BCUT2D eigenvalue weighted by Gasteiger charge is 2.20. The van der Waals surface area contributed by atoms with Gasteiger partial charge in [0.25, 0.3) is 0 Å². The molecule has 2 N–H and O–H groups in total. The van der Waals surface area contributed by atoms with Crippen molar-refractivity contribution in [2.45, 2.75) is 75.6 Å². The number of hydrogen-bond acceptors (Lipinski definition) is 5. The predicted octanol–water partition coefficient (Wildman–Crippen LogP) is 8.73. The number of aromatic nitrogens is 2. The Morgan fingerprint density at radius 2 is 1.51 bits per heavy atom. The molecule has 0 saturated heterocycles. The lowest BCUT2D eigenvalue weighted by Crippen LogP contribution is -2.13. The third-order valence-electron chi connectivity index (χ3n) is 6.85. The Morgan fingerprint density at radius 1 is 0.838 bits per heavy atom. The van der Waals surface area contributed by atoms with E-state index in [-0.39, 0.29) is 5.41 Å². The summed E-state index contributed by atoms with van der Waals surface area (Å²) in [5.74, 6) is 1.10. The Labute approximate surface area is 225 Å². The molecule has 1 fully saturated rings. The Hall–Kier alpha value is -3.31. The highest BCUT2D eigenvalue weighted by molar-refractivity contribution is 7.99. The summed E-state index contributed by atoms with van der Waals surface area (Å²) in [6, 6.07) is 21.8. The molecule has 37 heavy (non-hydrogen) atoms. The van der Waals surface area contributed by atoms with Gasteiger partial charge < -0.3 is 10.6 Å². The highest BCUT2D eigenvalue weighted by Crippen LogP contribution is 2.36. The maximum absolute atomic E-state index is 4.66. The van der Waals surface area contributed by atoms with Crippen molar-refractivity contribution in [2.24, 2.45) is 0 Å². The molecule has 5 heteroatoms. The van der Waals surface area contributed by atoms with Crippen LogP contribution in [0.25, 0.3) is 10.9 Å². The fourth-order valence-corrected chi connectivity index (χ4v) is 5.46. The van der Waals surface area contributed by atoms with Crippen molar-refractivity contribution in [1.29, 1.82) is 0 Å². The van der Waals surface area contributed by atoms with Gasteiger partial charge in [0.15, 0.2) is 0 Å². The van der Waals surface area contributed by atoms with Crippen molar-refractivity contribution < 1.29 is 0 Å². The Bertz CT molecular complexity index is 1460. The van der Waals surface area contributed by atoms with Gasteiger partial charge in [0.2, 0.25) is 0 Å². The molecular weight excluding hydrogens is 472 g/mol. The van der Waals surface area contributed by atoms with Crippen molar-refractivity contribution >= 4 is 34.0 Å². The molecule has 4 aromatic rings. The summed E-state index contributed by atoms with van der Waals surface area (Å²) in [6.45, 7) is 11.2. The molecule has 1 aliphatic rings. The summed E-state index contributed by atoms with van der Waals surface area (Å²) in [6.07, 6.45) is 5.99. The standard InChI is InChI=1S/C32H36N4S/c1-6-21-16-28-29(17-22(21)7-2)33-20-34-31(28)37-27-13-9-12-26(19-27)36-30(23-14-15-23)35-25-11-8-10-24(18-25)32(3,4)5/h8-13,16-20,35-36H,6-7,14-15H2,1-5H3. The van der Waals surface area contributed by atoms with E-state index in [0.29, 0.717) is 0 Å². The fraction of sp³-hybridized carbons (Fsp3) is 0.312. The zero-order valence-electron chi connectivity index (χ0n) is 22.5. The summed E-state index contributed by atoms with van der Waals surface area (Å²) in [5, 5.41) is 9.45. The first-order valence-corrected chi connectivity index (χ1v) is 14.1. The van der Waals surface area contributed by atoms with Gasteiger partial charge >= 0.3 is 0 Å². The maximum Gasteiger partial charge on any atom is 0.117 e. The lowest BCUT2D eigenvalue weighted by molar-refractivity contribution is 0.590. The zero-order valence-corrected chi connectivity index (χ0v) is 23.3. The van der Waals surface area contributed by atoms with E-state index in [2.05, 4.69) is 116 Å². The van der Waals surface area contributed by atoms with Crippen LogP contribution in [0.4, 0.5) is 11.4 Å². The molecule has 1 aliphatic carbocycles. The number of nitrogens with one attached hydrogen (secondary N) is 2. The summed E-state index contributed by atoms with van der Waals surface area (Å²) < 4.78 is 0. The summed E-state index contributed by atoms with van der Waals surface area (Å²) >= 11 is 1.70. The Morgan fingerprint density at radius 3 is 2.19 bits per heavy atom. The van der Waals surface area contributed by atoms with Crippen LogP contribution < -0.4 is 10.6 Å². The predicted molar refractivity (Wildman–Crippen MR) is 158 cm³/mol. The average molecular weight is 509 g/mol. The minimum atomic E-state index is 0.116. The van der Waals surface area contributed by atoms with E-state index >= 15 is 0 Å². The lowest BCUT2D eigenvalue weighted by atomic mass is 9.87. The molecule has 0 aliphatic heterocycles. The van der Waals surface area contributed by atoms with Crippen molar-refractivity contribution in [2.75, 3.05) is 10.6 Å². The first-order valence-electron chi connectivity index (χ1n) is 13.2. The van der Waals surface area contributed by atoms with Gasteiger partial charge in [-0.3, -0.25) is 0 Å². The second-order valence-electron chi connectivity index (χ2n) is 10.7. The minimum absolute atomic E-state index is 0.116. The van der Waals surface area contributed by atoms with Crippen LogP contribution in [0.15, 0.2) is 88.3 Å². The minimum Gasteiger partial charge on any atom is -0.342 e. The van der Waals surface area contributed by atoms with Gasteiger partial charge in [0, 0.05) is 21.7 Å². The van der Waals surface area contributed by atoms with Gasteiger partial charge in [-0.1, -0.05) is 64.6 Å². The van der Waals surface area contributed by atoms with Crippen LogP contribution in [0.3, 0.4) is 0 Å². The number of rotatable bonds is 8. The molecular formula is C32H36N4S. The monoisotopic (exact) mass is 508 g/mol. The summed E-state index contributed by atoms with van der Waals surface area (Å²) in [7, 11) is 0. The number of aryl methyl sites for hydroxylation is 2. The van der Waals surface area contributed by atoms with Crippen LogP contribution in [0.1, 0.15) is 64.2 Å². The van der Waals surface area contributed by atoms with Crippen LogP contribution in [-0.2, 0) is 18.3 Å². The van der Waals surface area contributed by atoms with E-state index in [4.69, 9.17) is 0 Å². The van der Waals surface area contributed by atoms with Gasteiger partial charge in [-0.2, -0.15) is 0 Å².